The van der Waals surface area contributed by atoms with Gasteiger partial charge in [-0.2, -0.15) is 13.2 Å². The molecule has 0 aliphatic carbocycles. The molecule has 2 N–H and O–H groups in total. The van der Waals surface area contributed by atoms with Gasteiger partial charge in [-0.1, -0.05) is 18.5 Å². The van der Waals surface area contributed by atoms with Crippen LogP contribution < -0.4 is 5.32 Å². The monoisotopic (exact) mass is 447 g/mol. The molecule has 0 saturated carbocycles. The third-order valence-corrected chi connectivity index (χ3v) is 4.59. The summed E-state index contributed by atoms with van der Waals surface area (Å²) in [7, 11) is 0. The van der Waals surface area contributed by atoms with Gasteiger partial charge in [0.2, 0.25) is 0 Å². The molecule has 0 saturated heterocycles. The Hall–Kier alpha value is -1.90. The second-order valence-corrected chi connectivity index (χ2v) is 7.43. The van der Waals surface area contributed by atoms with Crippen LogP contribution in [0.2, 0.25) is 5.02 Å². The topological polar surface area (TPSA) is 65.5 Å². The van der Waals surface area contributed by atoms with Crippen LogP contribution in [0.5, 0.6) is 0 Å². The molecule has 1 atom stereocenters. The number of rotatable bonds is 10. The van der Waals surface area contributed by atoms with Gasteiger partial charge in [-0.3, -0.25) is 9.78 Å². The average Bonchev–Trinajstić information content (AvgIpc) is 2.66. The number of carbonyl (C=O) groups is 1. The zero-order chi connectivity index (χ0) is 22.7. The average molecular weight is 448 g/mol. The van der Waals surface area contributed by atoms with Crippen molar-refractivity contribution < 1.29 is 23.1 Å². The van der Waals surface area contributed by atoms with Gasteiger partial charge < -0.3 is 15.3 Å². The number of hydrogen-bond donors (Lipinski definition) is 2. The summed E-state index contributed by atoms with van der Waals surface area (Å²) < 4.78 is 31.1. The van der Waals surface area contributed by atoms with E-state index in [-0.39, 0.29) is 19.6 Å². The van der Waals surface area contributed by atoms with Gasteiger partial charge in [0.25, 0.3) is 0 Å². The molecule has 0 amide bonds. The van der Waals surface area contributed by atoms with Crippen LogP contribution in [-0.4, -0.2) is 59.7 Å². The number of aldehydes is 1. The molecule has 0 bridgehead atoms. The first-order valence-corrected chi connectivity index (χ1v) is 10.2. The number of nitrogens with one attached hydrogen (secondary N) is 1. The normalized spacial score (nSPS) is 12.4. The fourth-order valence-electron chi connectivity index (χ4n) is 2.94. The number of hydrogen-bond acceptors (Lipinski definition) is 5. The number of halogens is 4. The van der Waals surface area contributed by atoms with Gasteiger partial charge in [0, 0.05) is 36.1 Å². The van der Waals surface area contributed by atoms with Crippen molar-refractivity contribution in [1.82, 2.24) is 9.88 Å². The van der Waals surface area contributed by atoms with Crippen LogP contribution in [0.3, 0.4) is 0 Å². The van der Waals surface area contributed by atoms with E-state index >= 15 is 0 Å². The lowest BCUT2D eigenvalue weighted by Crippen LogP contribution is -2.28. The minimum Gasteiger partial charge on any atom is -0.395 e. The lowest BCUT2D eigenvalue weighted by molar-refractivity contribution is -0.110. The number of fused-ring (bicyclic) bond motifs is 1. The van der Waals surface area contributed by atoms with Crippen molar-refractivity contribution in [3.63, 3.8) is 0 Å². The van der Waals surface area contributed by atoms with Crippen LogP contribution in [0, 0.1) is 0 Å². The predicted molar refractivity (Wildman–Crippen MR) is 115 cm³/mol. The number of aromatic nitrogens is 1. The van der Waals surface area contributed by atoms with E-state index in [0.29, 0.717) is 17.1 Å². The fourth-order valence-corrected chi connectivity index (χ4v) is 3.11. The summed E-state index contributed by atoms with van der Waals surface area (Å²) >= 11 is 6.04. The molecule has 0 fully saturated rings. The molecule has 2 aromatic rings. The van der Waals surface area contributed by atoms with E-state index in [1.807, 2.05) is 12.1 Å². The Morgan fingerprint density at radius 2 is 2.00 bits per heavy atom. The molecule has 9 heteroatoms. The predicted octanol–water partition coefficient (Wildman–Crippen LogP) is 5.16. The van der Waals surface area contributed by atoms with Crippen molar-refractivity contribution in [2.24, 2.45) is 0 Å². The number of aliphatic hydroxyl groups excluding tert-OH is 1. The Morgan fingerprint density at radius 3 is 2.57 bits per heavy atom. The molecule has 0 aliphatic rings. The summed E-state index contributed by atoms with van der Waals surface area (Å²) in [6.45, 7) is 7.19. The van der Waals surface area contributed by atoms with Crippen molar-refractivity contribution >= 4 is 34.5 Å². The smallest absolute Gasteiger partial charge is 0.386 e. The number of pyridine rings is 1. The zero-order valence-electron chi connectivity index (χ0n) is 17.5. The summed E-state index contributed by atoms with van der Waals surface area (Å²) in [5, 5.41) is 14.0. The maximum atomic E-state index is 11.4. The molecule has 0 spiro atoms. The summed E-state index contributed by atoms with van der Waals surface area (Å²) in [5.74, 6) is 0. The number of benzene rings is 1. The van der Waals surface area contributed by atoms with Crippen LogP contribution in [0.4, 0.5) is 18.9 Å². The molecule has 30 heavy (non-hydrogen) atoms. The second-order valence-electron chi connectivity index (χ2n) is 6.99. The van der Waals surface area contributed by atoms with E-state index in [0.717, 1.165) is 48.8 Å². The van der Waals surface area contributed by atoms with Gasteiger partial charge in [0.1, 0.15) is 0 Å². The Balaban J connectivity index is 0.000000804. The van der Waals surface area contributed by atoms with Crippen molar-refractivity contribution in [3.05, 3.63) is 35.0 Å². The highest BCUT2D eigenvalue weighted by molar-refractivity contribution is 6.31. The van der Waals surface area contributed by atoms with Crippen LogP contribution in [-0.2, 0) is 0 Å². The SMILES string of the molecule is CC(F)(F)F.CCN(CCO)CCCC(C)Nc1c(C=O)cnc2cc(Cl)ccc12. The number of alkyl halides is 3. The maximum Gasteiger partial charge on any atom is 0.386 e. The Labute approximate surface area is 180 Å². The summed E-state index contributed by atoms with van der Waals surface area (Å²) in [4.78, 5) is 17.9. The number of aliphatic hydroxyl groups is 1. The van der Waals surface area contributed by atoms with Crippen LogP contribution >= 0.6 is 11.6 Å². The van der Waals surface area contributed by atoms with E-state index < -0.39 is 6.18 Å². The molecule has 1 aromatic carbocycles. The third kappa shape index (κ3) is 9.73. The van der Waals surface area contributed by atoms with Crippen molar-refractivity contribution in [3.8, 4) is 0 Å². The standard InChI is InChI=1S/C19H26ClN3O2.C2H3F3/c1-3-23(9-10-24)8-4-5-14(2)22-19-15(13-25)12-21-18-11-16(20)6-7-17(18)19;1-2(3,4)5/h6-7,11-14,24H,3-5,8-10H2,1-2H3,(H,21,22);1H3. The van der Waals surface area contributed by atoms with Crippen LogP contribution in [0.25, 0.3) is 10.9 Å². The Morgan fingerprint density at radius 1 is 1.33 bits per heavy atom. The highest BCUT2D eigenvalue weighted by Crippen LogP contribution is 2.28. The van der Waals surface area contributed by atoms with Gasteiger partial charge in [0.05, 0.1) is 23.4 Å². The minimum atomic E-state index is -4.00. The highest BCUT2D eigenvalue weighted by atomic mass is 35.5. The number of likely N-dealkylation sites (N-methyl/N-ethyl adjacent to an activating group) is 1. The van der Waals surface area contributed by atoms with Crippen molar-refractivity contribution in [2.75, 3.05) is 31.6 Å². The van der Waals surface area contributed by atoms with Gasteiger partial charge in [-0.25, -0.2) is 0 Å². The first-order chi connectivity index (χ1) is 14.1. The summed E-state index contributed by atoms with van der Waals surface area (Å²) in [6.07, 6.45) is 0.405. The van der Waals surface area contributed by atoms with E-state index in [9.17, 15) is 18.0 Å². The fraction of sp³-hybridized carbons (Fsp3) is 0.524. The molecule has 2 rings (SSSR count). The van der Waals surface area contributed by atoms with Gasteiger partial charge >= 0.3 is 6.18 Å². The highest BCUT2D eigenvalue weighted by Gasteiger charge is 2.15. The van der Waals surface area contributed by atoms with Gasteiger partial charge in [0.15, 0.2) is 6.29 Å². The summed E-state index contributed by atoms with van der Waals surface area (Å²) in [6, 6.07) is 5.72. The molecule has 1 aromatic heterocycles. The number of anilines is 1. The molecule has 5 nitrogen and oxygen atoms in total. The maximum absolute atomic E-state index is 11.4. The third-order valence-electron chi connectivity index (χ3n) is 4.35. The zero-order valence-corrected chi connectivity index (χ0v) is 18.2. The number of carbonyl (C=O) groups excluding carboxylic acids is 1. The molecular formula is C21H29ClF3N3O2. The number of nitrogens with zero attached hydrogens (tertiary/aromatic N) is 2. The van der Waals surface area contributed by atoms with Gasteiger partial charge in [-0.15, -0.1) is 0 Å². The lowest BCUT2D eigenvalue weighted by atomic mass is 10.1. The van der Waals surface area contributed by atoms with E-state index in [2.05, 4.69) is 29.0 Å². The van der Waals surface area contributed by atoms with E-state index in [1.165, 1.54) is 0 Å². The summed E-state index contributed by atoms with van der Waals surface area (Å²) in [5.41, 5.74) is 2.14. The molecular weight excluding hydrogens is 419 g/mol. The van der Waals surface area contributed by atoms with E-state index in [1.54, 1.807) is 12.3 Å². The minimum absolute atomic E-state index is 0.188. The second kappa shape index (κ2) is 12.7. The molecule has 0 radical (unpaired) electrons. The first-order valence-electron chi connectivity index (χ1n) is 9.79. The van der Waals surface area contributed by atoms with Gasteiger partial charge in [-0.05, 0) is 51.1 Å². The lowest BCUT2D eigenvalue weighted by Gasteiger charge is -2.22. The van der Waals surface area contributed by atoms with E-state index in [4.69, 9.17) is 16.7 Å². The Bertz CT molecular complexity index is 797. The van der Waals surface area contributed by atoms with Crippen LogP contribution in [0.1, 0.15) is 44.0 Å². The van der Waals surface area contributed by atoms with Crippen molar-refractivity contribution in [2.45, 2.75) is 45.8 Å². The Kier molecular flexibility index (Phi) is 11.1. The molecule has 1 heterocycles. The van der Waals surface area contributed by atoms with Crippen LogP contribution in [0.15, 0.2) is 24.4 Å². The molecule has 1 unspecified atom stereocenters. The first kappa shape index (κ1) is 26.1. The molecule has 0 aliphatic heterocycles. The quantitative estimate of drug-likeness (QED) is 0.492. The molecule has 168 valence electrons. The largest absolute Gasteiger partial charge is 0.395 e. The van der Waals surface area contributed by atoms with Crippen molar-refractivity contribution in [1.29, 1.82) is 0 Å².